The Morgan fingerprint density at radius 2 is 1.93 bits per heavy atom. The highest BCUT2D eigenvalue weighted by Gasteiger charge is 2.27. The van der Waals surface area contributed by atoms with Gasteiger partial charge in [-0.25, -0.2) is 4.39 Å². The number of hydrogen-bond donors (Lipinski definition) is 0. The van der Waals surface area contributed by atoms with E-state index in [1.54, 1.807) is 14.0 Å². The first-order valence-electron chi connectivity index (χ1n) is 8.74. The van der Waals surface area contributed by atoms with Crippen LogP contribution in [-0.4, -0.2) is 36.2 Å². The fourth-order valence-electron chi connectivity index (χ4n) is 2.75. The van der Waals surface area contributed by atoms with Crippen LogP contribution in [0.5, 0.6) is 5.75 Å². The van der Waals surface area contributed by atoms with Crippen LogP contribution < -0.4 is 4.74 Å². The maximum Gasteiger partial charge on any atom is 0.259 e. The lowest BCUT2D eigenvalue weighted by Crippen LogP contribution is -2.31. The van der Waals surface area contributed by atoms with Gasteiger partial charge in [0.05, 0.1) is 17.1 Å². The number of aryl methyl sites for hydroxylation is 2. The number of amides is 1. The number of halogens is 2. The molecule has 0 aliphatic carbocycles. The Morgan fingerprint density at radius 1 is 1.21 bits per heavy atom. The highest BCUT2D eigenvalue weighted by atomic mass is 35.5. The largest absolute Gasteiger partial charge is 0.492 e. The first-order chi connectivity index (χ1) is 13.4. The van der Waals surface area contributed by atoms with E-state index in [2.05, 4.69) is 5.16 Å². The molecule has 0 radical (unpaired) electrons. The molecule has 1 aromatic heterocycles. The molecule has 1 amide bonds. The molecule has 0 atom stereocenters. The topological polar surface area (TPSA) is 55.6 Å². The summed E-state index contributed by atoms with van der Waals surface area (Å²) >= 11 is 6.13. The maximum atomic E-state index is 14.3. The summed E-state index contributed by atoms with van der Waals surface area (Å²) in [5, 5.41) is 4.03. The molecule has 3 aromatic rings. The second kappa shape index (κ2) is 8.44. The van der Waals surface area contributed by atoms with E-state index in [4.69, 9.17) is 20.9 Å². The third-order valence-corrected chi connectivity index (χ3v) is 4.65. The van der Waals surface area contributed by atoms with Crippen LogP contribution in [0.25, 0.3) is 11.3 Å². The van der Waals surface area contributed by atoms with Crippen LogP contribution in [0, 0.1) is 19.7 Å². The molecule has 28 heavy (non-hydrogen) atoms. The van der Waals surface area contributed by atoms with Crippen LogP contribution in [0.15, 0.2) is 47.0 Å². The first-order valence-corrected chi connectivity index (χ1v) is 9.12. The number of nitrogens with zero attached hydrogens (tertiary/aromatic N) is 2. The second-order valence-corrected chi connectivity index (χ2v) is 6.85. The Labute approximate surface area is 167 Å². The van der Waals surface area contributed by atoms with Crippen molar-refractivity contribution < 1.29 is 18.4 Å². The second-order valence-electron chi connectivity index (χ2n) is 6.45. The van der Waals surface area contributed by atoms with Crippen molar-refractivity contribution in [3.05, 3.63) is 70.2 Å². The molecule has 0 bridgehead atoms. The predicted octanol–water partition coefficient (Wildman–Crippen LogP) is 4.90. The standard InChI is InChI=1S/C21H20ClFN2O3/c1-13-7-9-15(10-8-13)27-12-11-25(3)21(26)18-14(2)28-24-20(18)19-16(22)5-4-6-17(19)23/h4-10H,11-12H2,1-3H3. The molecule has 0 N–H and O–H groups in total. The average Bonchev–Trinajstić information content (AvgIpc) is 3.03. The molecule has 0 aliphatic rings. The van der Waals surface area contributed by atoms with Gasteiger partial charge in [0.1, 0.15) is 35.2 Å². The molecule has 3 rings (SSSR count). The highest BCUT2D eigenvalue weighted by Crippen LogP contribution is 2.33. The molecular weight excluding hydrogens is 383 g/mol. The summed E-state index contributed by atoms with van der Waals surface area (Å²) in [6, 6.07) is 11.9. The summed E-state index contributed by atoms with van der Waals surface area (Å²) < 4.78 is 25.1. The van der Waals surface area contributed by atoms with E-state index in [9.17, 15) is 9.18 Å². The number of hydrogen-bond acceptors (Lipinski definition) is 4. The maximum absolute atomic E-state index is 14.3. The molecule has 0 saturated heterocycles. The number of aromatic nitrogens is 1. The van der Waals surface area contributed by atoms with Crippen LogP contribution >= 0.6 is 11.6 Å². The zero-order valence-corrected chi connectivity index (χ0v) is 16.6. The van der Waals surface area contributed by atoms with Crippen LogP contribution in [0.4, 0.5) is 4.39 Å². The SMILES string of the molecule is Cc1ccc(OCCN(C)C(=O)c2c(-c3c(F)cccc3Cl)noc2C)cc1. The van der Waals surface area contributed by atoms with E-state index in [0.29, 0.717) is 18.9 Å². The number of benzene rings is 2. The Kier molecular flexibility index (Phi) is 5.99. The van der Waals surface area contributed by atoms with Crippen molar-refractivity contribution in [2.45, 2.75) is 13.8 Å². The summed E-state index contributed by atoms with van der Waals surface area (Å²) in [4.78, 5) is 14.4. The van der Waals surface area contributed by atoms with Gasteiger partial charge >= 0.3 is 0 Å². The van der Waals surface area contributed by atoms with Crippen molar-refractivity contribution in [1.29, 1.82) is 0 Å². The van der Waals surface area contributed by atoms with Gasteiger partial charge in [0.25, 0.3) is 5.91 Å². The molecule has 0 unspecified atom stereocenters. The Balaban J connectivity index is 1.75. The highest BCUT2D eigenvalue weighted by molar-refractivity contribution is 6.33. The third kappa shape index (κ3) is 4.17. The molecule has 146 valence electrons. The molecule has 1 heterocycles. The normalized spacial score (nSPS) is 10.8. The average molecular weight is 403 g/mol. The lowest BCUT2D eigenvalue weighted by Gasteiger charge is -2.18. The van der Waals surface area contributed by atoms with Gasteiger partial charge in [-0.1, -0.05) is 40.5 Å². The number of likely N-dealkylation sites (N-methyl/N-ethyl adjacent to an activating group) is 1. The Morgan fingerprint density at radius 3 is 2.61 bits per heavy atom. The van der Waals surface area contributed by atoms with E-state index < -0.39 is 5.82 Å². The van der Waals surface area contributed by atoms with Crippen molar-refractivity contribution in [2.24, 2.45) is 0 Å². The molecule has 0 saturated carbocycles. The zero-order chi connectivity index (χ0) is 20.3. The molecule has 2 aromatic carbocycles. The molecule has 0 spiro atoms. The summed E-state index contributed by atoms with van der Waals surface area (Å²) in [6.45, 7) is 4.25. The minimum Gasteiger partial charge on any atom is -0.492 e. The lowest BCUT2D eigenvalue weighted by atomic mass is 10.0. The number of rotatable bonds is 6. The van der Waals surface area contributed by atoms with E-state index in [1.165, 1.54) is 23.1 Å². The minimum absolute atomic E-state index is 0.0497. The van der Waals surface area contributed by atoms with Gasteiger partial charge in [-0.15, -0.1) is 0 Å². The number of ether oxygens (including phenoxy) is 1. The molecule has 0 fully saturated rings. The summed E-state index contributed by atoms with van der Waals surface area (Å²) in [6.07, 6.45) is 0. The van der Waals surface area contributed by atoms with Crippen LogP contribution in [-0.2, 0) is 0 Å². The van der Waals surface area contributed by atoms with Crippen molar-refractivity contribution in [1.82, 2.24) is 10.1 Å². The predicted molar refractivity (Wildman–Crippen MR) is 105 cm³/mol. The van der Waals surface area contributed by atoms with Crippen LogP contribution in [0.3, 0.4) is 0 Å². The first kappa shape index (κ1) is 19.9. The van der Waals surface area contributed by atoms with E-state index in [1.807, 2.05) is 31.2 Å². The van der Waals surface area contributed by atoms with Crippen LogP contribution in [0.2, 0.25) is 5.02 Å². The fraction of sp³-hybridized carbons (Fsp3) is 0.238. The van der Waals surface area contributed by atoms with Gasteiger partial charge in [0.15, 0.2) is 0 Å². The van der Waals surface area contributed by atoms with Crippen molar-refractivity contribution in [2.75, 3.05) is 20.2 Å². The third-order valence-electron chi connectivity index (χ3n) is 4.34. The summed E-state index contributed by atoms with van der Waals surface area (Å²) in [5.41, 5.74) is 1.47. The van der Waals surface area contributed by atoms with Gasteiger partial charge in [0.2, 0.25) is 0 Å². The lowest BCUT2D eigenvalue weighted by molar-refractivity contribution is 0.0772. The molecule has 5 nitrogen and oxygen atoms in total. The van der Waals surface area contributed by atoms with Crippen molar-refractivity contribution in [3.63, 3.8) is 0 Å². The van der Waals surface area contributed by atoms with E-state index in [0.717, 1.165) is 11.3 Å². The summed E-state index contributed by atoms with van der Waals surface area (Å²) in [5.74, 6) is 0.109. The quantitative estimate of drug-likeness (QED) is 0.588. The zero-order valence-electron chi connectivity index (χ0n) is 15.8. The van der Waals surface area contributed by atoms with E-state index >= 15 is 0 Å². The molecular formula is C21H20ClFN2O3. The Hall–Kier alpha value is -2.86. The molecule has 7 heteroatoms. The van der Waals surface area contributed by atoms with Crippen LogP contribution in [0.1, 0.15) is 21.7 Å². The minimum atomic E-state index is -0.569. The van der Waals surface area contributed by atoms with Gasteiger partial charge in [-0.3, -0.25) is 4.79 Å². The smallest absolute Gasteiger partial charge is 0.259 e. The monoisotopic (exact) mass is 402 g/mol. The van der Waals surface area contributed by atoms with Gasteiger partial charge in [-0.05, 0) is 38.1 Å². The fourth-order valence-corrected chi connectivity index (χ4v) is 3.00. The van der Waals surface area contributed by atoms with E-state index in [-0.39, 0.29) is 27.8 Å². The van der Waals surface area contributed by atoms with Crippen molar-refractivity contribution >= 4 is 17.5 Å². The van der Waals surface area contributed by atoms with Crippen molar-refractivity contribution in [3.8, 4) is 17.0 Å². The number of carbonyl (C=O) groups excluding carboxylic acids is 1. The number of carbonyl (C=O) groups is 1. The van der Waals surface area contributed by atoms with Gasteiger partial charge in [-0.2, -0.15) is 0 Å². The van der Waals surface area contributed by atoms with Gasteiger partial charge in [0, 0.05) is 7.05 Å². The Bertz CT molecular complexity index is 966. The molecule has 0 aliphatic heterocycles. The summed E-state index contributed by atoms with van der Waals surface area (Å²) in [7, 11) is 1.64. The van der Waals surface area contributed by atoms with Gasteiger partial charge < -0.3 is 14.2 Å².